The van der Waals surface area contributed by atoms with E-state index in [1.165, 1.54) is 0 Å². The van der Waals surface area contributed by atoms with Crippen molar-refractivity contribution in [2.45, 2.75) is 13.5 Å². The van der Waals surface area contributed by atoms with Crippen LogP contribution in [0, 0.1) is 17.5 Å². The maximum Gasteiger partial charge on any atom is 0.302 e. The number of esters is 1. The molecule has 0 aliphatic rings. The maximum atomic E-state index is 12.9. The molecule has 0 aromatic heterocycles. The molecule has 14 heavy (non-hydrogen) atoms. The minimum absolute atomic E-state index is 0.195. The number of ether oxygens (including phenoxy) is 1. The molecule has 5 heteroatoms. The number of hydrogen-bond donors (Lipinski definition) is 0. The van der Waals surface area contributed by atoms with Crippen molar-refractivity contribution in [3.8, 4) is 0 Å². The lowest BCUT2D eigenvalue weighted by Gasteiger charge is -2.04. The van der Waals surface area contributed by atoms with Gasteiger partial charge in [0.05, 0.1) is 0 Å². The Hall–Kier alpha value is -1.52. The Labute approximate surface area is 78.3 Å². The molecule has 0 spiro atoms. The quantitative estimate of drug-likeness (QED) is 0.545. The van der Waals surface area contributed by atoms with Gasteiger partial charge in [0.1, 0.15) is 6.61 Å². The van der Waals surface area contributed by atoms with Crippen molar-refractivity contribution in [3.05, 3.63) is 35.1 Å². The summed E-state index contributed by atoms with van der Waals surface area (Å²) in [7, 11) is 0. The van der Waals surface area contributed by atoms with Crippen molar-refractivity contribution in [2.24, 2.45) is 0 Å². The number of carbonyl (C=O) groups is 1. The molecule has 0 aliphatic carbocycles. The van der Waals surface area contributed by atoms with Crippen LogP contribution in [-0.2, 0) is 16.1 Å². The van der Waals surface area contributed by atoms with Crippen molar-refractivity contribution in [1.29, 1.82) is 0 Å². The van der Waals surface area contributed by atoms with Crippen molar-refractivity contribution >= 4 is 5.97 Å². The van der Waals surface area contributed by atoms with Crippen molar-refractivity contribution < 1.29 is 22.7 Å². The lowest BCUT2D eigenvalue weighted by Crippen LogP contribution is -2.03. The van der Waals surface area contributed by atoms with E-state index in [-0.39, 0.29) is 5.56 Å². The van der Waals surface area contributed by atoms with Gasteiger partial charge in [-0.25, -0.2) is 13.2 Å². The first-order valence-electron chi connectivity index (χ1n) is 3.78. The van der Waals surface area contributed by atoms with Crippen LogP contribution < -0.4 is 0 Å². The van der Waals surface area contributed by atoms with Gasteiger partial charge in [-0.1, -0.05) is 0 Å². The summed E-state index contributed by atoms with van der Waals surface area (Å²) in [6, 6.07) is 1.80. The molecule has 0 fully saturated rings. The fourth-order valence-electron chi connectivity index (χ4n) is 0.857. The molecule has 0 bridgehead atoms. The van der Waals surface area contributed by atoms with E-state index in [9.17, 15) is 18.0 Å². The van der Waals surface area contributed by atoms with Crippen molar-refractivity contribution in [1.82, 2.24) is 0 Å². The minimum atomic E-state index is -1.56. The topological polar surface area (TPSA) is 26.3 Å². The second kappa shape index (κ2) is 4.13. The van der Waals surface area contributed by atoms with Crippen LogP contribution in [0.1, 0.15) is 12.5 Å². The fourth-order valence-corrected chi connectivity index (χ4v) is 0.857. The molecule has 0 N–H and O–H groups in total. The molecule has 1 rings (SSSR count). The van der Waals surface area contributed by atoms with E-state index in [1.807, 2.05) is 0 Å². The summed E-state index contributed by atoms with van der Waals surface area (Å²) in [5.74, 6) is -4.77. The molecule has 0 radical (unpaired) electrons. The molecule has 1 aromatic rings. The molecule has 76 valence electrons. The largest absolute Gasteiger partial charge is 0.461 e. The van der Waals surface area contributed by atoms with Gasteiger partial charge in [0, 0.05) is 12.5 Å². The Balaban J connectivity index is 2.88. The Morgan fingerprint density at radius 3 is 2.50 bits per heavy atom. The first kappa shape index (κ1) is 10.6. The molecular formula is C9H7F3O2. The minimum Gasteiger partial charge on any atom is -0.461 e. The van der Waals surface area contributed by atoms with Crippen LogP contribution in [0.4, 0.5) is 13.2 Å². The highest BCUT2D eigenvalue weighted by Crippen LogP contribution is 2.15. The molecule has 0 saturated heterocycles. The average Bonchev–Trinajstić information content (AvgIpc) is 2.13. The van der Waals surface area contributed by atoms with Gasteiger partial charge in [-0.15, -0.1) is 0 Å². The Kier molecular flexibility index (Phi) is 3.11. The highest BCUT2D eigenvalue weighted by Gasteiger charge is 2.13. The van der Waals surface area contributed by atoms with Crippen LogP contribution in [0.15, 0.2) is 12.1 Å². The number of benzene rings is 1. The van der Waals surface area contributed by atoms with Gasteiger partial charge in [0.25, 0.3) is 0 Å². The third-order valence-corrected chi connectivity index (χ3v) is 1.55. The van der Waals surface area contributed by atoms with Crippen molar-refractivity contribution in [2.75, 3.05) is 0 Å². The molecule has 0 aliphatic heterocycles. The van der Waals surface area contributed by atoms with Crippen LogP contribution in [0.5, 0.6) is 0 Å². The van der Waals surface area contributed by atoms with Gasteiger partial charge >= 0.3 is 5.97 Å². The average molecular weight is 204 g/mol. The van der Waals surface area contributed by atoms with Gasteiger partial charge < -0.3 is 4.74 Å². The standard InChI is InChI=1S/C9H7F3O2/c1-5(13)14-4-6-2-3-7(10)9(12)8(6)11/h2-3H,4H2,1H3. The zero-order valence-corrected chi connectivity index (χ0v) is 7.31. The van der Waals surface area contributed by atoms with Gasteiger partial charge in [-0.05, 0) is 12.1 Å². The van der Waals surface area contributed by atoms with E-state index < -0.39 is 30.0 Å². The van der Waals surface area contributed by atoms with Crippen molar-refractivity contribution in [3.63, 3.8) is 0 Å². The number of carbonyl (C=O) groups excluding carboxylic acids is 1. The van der Waals surface area contributed by atoms with Crippen LogP contribution in [0.25, 0.3) is 0 Å². The second-order valence-corrected chi connectivity index (χ2v) is 2.61. The zero-order chi connectivity index (χ0) is 10.7. The van der Waals surface area contributed by atoms with Crippen LogP contribution in [-0.4, -0.2) is 5.97 Å². The predicted octanol–water partition coefficient (Wildman–Crippen LogP) is 2.17. The van der Waals surface area contributed by atoms with Crippen LogP contribution in [0.2, 0.25) is 0 Å². The molecule has 0 saturated carbocycles. The summed E-state index contributed by atoms with van der Waals surface area (Å²) in [6.07, 6.45) is 0. The van der Waals surface area contributed by atoms with E-state index >= 15 is 0 Å². The maximum absolute atomic E-state index is 12.9. The molecule has 0 heterocycles. The van der Waals surface area contributed by atoms with Gasteiger partial charge in [-0.3, -0.25) is 4.79 Å². The zero-order valence-electron chi connectivity index (χ0n) is 7.31. The Bertz CT molecular complexity index is 363. The highest BCUT2D eigenvalue weighted by molar-refractivity contribution is 5.65. The van der Waals surface area contributed by atoms with Gasteiger partial charge in [-0.2, -0.15) is 0 Å². The predicted molar refractivity (Wildman–Crippen MR) is 41.8 cm³/mol. The number of halogens is 3. The highest BCUT2D eigenvalue weighted by atomic mass is 19.2. The SMILES string of the molecule is CC(=O)OCc1ccc(F)c(F)c1F. The van der Waals surface area contributed by atoms with Crippen LogP contribution >= 0.6 is 0 Å². The normalized spacial score (nSPS) is 10.0. The van der Waals surface area contributed by atoms with E-state index in [4.69, 9.17) is 0 Å². The van der Waals surface area contributed by atoms with E-state index in [1.54, 1.807) is 0 Å². The summed E-state index contributed by atoms with van der Waals surface area (Å²) in [6.45, 7) is 0.732. The van der Waals surface area contributed by atoms with Gasteiger partial charge in [0.2, 0.25) is 0 Å². The monoisotopic (exact) mass is 204 g/mol. The lowest BCUT2D eigenvalue weighted by molar-refractivity contribution is -0.142. The summed E-state index contributed by atoms with van der Waals surface area (Å²) in [4.78, 5) is 10.4. The molecular weight excluding hydrogens is 197 g/mol. The lowest BCUT2D eigenvalue weighted by atomic mass is 10.2. The molecule has 1 aromatic carbocycles. The van der Waals surface area contributed by atoms with Crippen LogP contribution in [0.3, 0.4) is 0 Å². The van der Waals surface area contributed by atoms with E-state index in [2.05, 4.69) is 4.74 Å². The van der Waals surface area contributed by atoms with Gasteiger partial charge in [0.15, 0.2) is 17.5 Å². The summed E-state index contributed by atoms with van der Waals surface area (Å²) < 4.78 is 42.4. The number of hydrogen-bond acceptors (Lipinski definition) is 2. The molecule has 0 unspecified atom stereocenters. The molecule has 0 amide bonds. The first-order chi connectivity index (χ1) is 6.52. The summed E-state index contributed by atoms with van der Waals surface area (Å²) in [5.41, 5.74) is -0.195. The van der Waals surface area contributed by atoms with E-state index in [0.717, 1.165) is 19.1 Å². The Morgan fingerprint density at radius 1 is 1.29 bits per heavy atom. The number of rotatable bonds is 2. The molecule has 2 nitrogen and oxygen atoms in total. The second-order valence-electron chi connectivity index (χ2n) is 2.61. The summed E-state index contributed by atoms with van der Waals surface area (Å²) >= 11 is 0. The Morgan fingerprint density at radius 2 is 1.93 bits per heavy atom. The first-order valence-corrected chi connectivity index (χ1v) is 3.78. The molecule has 0 atom stereocenters. The third kappa shape index (κ3) is 2.25. The fraction of sp³-hybridized carbons (Fsp3) is 0.222. The van der Waals surface area contributed by atoms with E-state index in [0.29, 0.717) is 0 Å². The third-order valence-electron chi connectivity index (χ3n) is 1.55. The smallest absolute Gasteiger partial charge is 0.302 e. The summed E-state index contributed by atoms with van der Waals surface area (Å²) in [5, 5.41) is 0.